The molecule has 0 fully saturated rings. The molecule has 1 heterocycles. The van der Waals surface area contributed by atoms with E-state index in [1.54, 1.807) is 4.90 Å². The monoisotopic (exact) mass is 329 g/mol. The van der Waals surface area contributed by atoms with Gasteiger partial charge in [-0.05, 0) is 13.3 Å². The maximum Gasteiger partial charge on any atom is 0.346 e. The van der Waals surface area contributed by atoms with Crippen molar-refractivity contribution in [1.82, 2.24) is 24.0 Å². The number of likely N-dealkylation sites (N-methyl/N-ethyl adjacent to an activating group) is 1. The van der Waals surface area contributed by atoms with Gasteiger partial charge in [-0.2, -0.15) is 8.99 Å². The van der Waals surface area contributed by atoms with Crippen LogP contribution < -0.4 is 0 Å². The first-order chi connectivity index (χ1) is 10.4. The molecule has 0 aliphatic rings. The zero-order chi connectivity index (χ0) is 16.8. The van der Waals surface area contributed by atoms with Gasteiger partial charge in [-0.1, -0.05) is 19.4 Å². The maximum absolute atomic E-state index is 12.3. The summed E-state index contributed by atoms with van der Waals surface area (Å²) in [5.74, 6) is 0. The average Bonchev–Trinajstić information content (AvgIpc) is 2.98. The fourth-order valence-corrected chi connectivity index (χ4v) is 2.71. The van der Waals surface area contributed by atoms with Crippen molar-refractivity contribution in [3.05, 3.63) is 19.0 Å². The van der Waals surface area contributed by atoms with Crippen LogP contribution in [-0.2, 0) is 10.0 Å². The Labute approximate surface area is 131 Å². The highest BCUT2D eigenvalue weighted by molar-refractivity contribution is 7.88. The highest BCUT2D eigenvalue weighted by Gasteiger charge is 2.26. The van der Waals surface area contributed by atoms with Crippen LogP contribution in [0.4, 0.5) is 4.79 Å². The van der Waals surface area contributed by atoms with Crippen molar-refractivity contribution in [1.29, 1.82) is 0 Å². The van der Waals surface area contributed by atoms with Crippen molar-refractivity contribution < 1.29 is 13.2 Å². The van der Waals surface area contributed by atoms with Gasteiger partial charge in [0.1, 0.15) is 6.33 Å². The lowest BCUT2D eigenvalue weighted by Crippen LogP contribution is -2.36. The molecule has 0 atom stereocenters. The number of unbranched alkanes of at least 4 members (excludes halogenated alkanes) is 1. The van der Waals surface area contributed by atoms with Gasteiger partial charge in [0.25, 0.3) is 15.2 Å². The number of hydrogen-bond donors (Lipinski definition) is 0. The molecule has 0 N–H and O–H groups in total. The summed E-state index contributed by atoms with van der Waals surface area (Å²) in [6.07, 6.45) is 4.43. The normalized spacial score (nSPS) is 11.6. The quantitative estimate of drug-likeness (QED) is 0.668. The third-order valence-electron chi connectivity index (χ3n) is 3.13. The number of amides is 1. The van der Waals surface area contributed by atoms with Crippen molar-refractivity contribution in [3.63, 3.8) is 0 Å². The third-order valence-corrected chi connectivity index (χ3v) is 4.75. The molecule has 1 aromatic heterocycles. The molecule has 0 unspecified atom stereocenters. The Morgan fingerprint density at radius 1 is 1.45 bits per heavy atom. The molecular formula is C13H23N5O3S. The second kappa shape index (κ2) is 8.04. The van der Waals surface area contributed by atoms with Crippen LogP contribution in [0.5, 0.6) is 0 Å². The Balaban J connectivity index is 2.95. The van der Waals surface area contributed by atoms with E-state index in [1.165, 1.54) is 13.1 Å². The van der Waals surface area contributed by atoms with E-state index in [0.29, 0.717) is 13.1 Å². The Morgan fingerprint density at radius 3 is 2.68 bits per heavy atom. The lowest BCUT2D eigenvalue weighted by atomic mass is 10.3. The number of nitrogens with zero attached hydrogens (tertiary/aromatic N) is 5. The third kappa shape index (κ3) is 4.14. The van der Waals surface area contributed by atoms with E-state index in [4.69, 9.17) is 0 Å². The highest BCUT2D eigenvalue weighted by atomic mass is 32.2. The van der Waals surface area contributed by atoms with Crippen molar-refractivity contribution in [2.75, 3.05) is 26.7 Å². The lowest BCUT2D eigenvalue weighted by molar-refractivity contribution is 0.197. The van der Waals surface area contributed by atoms with Gasteiger partial charge >= 0.3 is 6.03 Å². The van der Waals surface area contributed by atoms with Crippen LogP contribution in [0, 0.1) is 0 Å². The van der Waals surface area contributed by atoms with Crippen LogP contribution in [0.15, 0.2) is 24.1 Å². The molecule has 1 amide bonds. The fraction of sp³-hybridized carbons (Fsp3) is 0.615. The molecule has 1 aromatic rings. The number of carbonyl (C=O) groups is 1. The average molecular weight is 329 g/mol. The van der Waals surface area contributed by atoms with Crippen LogP contribution in [0.25, 0.3) is 0 Å². The van der Waals surface area contributed by atoms with Gasteiger partial charge in [0, 0.05) is 26.7 Å². The molecule has 0 aromatic carbocycles. The summed E-state index contributed by atoms with van der Waals surface area (Å²) in [4.78, 5) is 17.6. The predicted octanol–water partition coefficient (Wildman–Crippen LogP) is 1.17. The molecule has 0 radical (unpaired) electrons. The highest BCUT2D eigenvalue weighted by Crippen LogP contribution is 2.09. The summed E-state index contributed by atoms with van der Waals surface area (Å²) in [5.41, 5.74) is 0. The zero-order valence-corrected chi connectivity index (χ0v) is 14.1. The zero-order valence-electron chi connectivity index (χ0n) is 13.3. The minimum absolute atomic E-state index is 0.141. The van der Waals surface area contributed by atoms with Crippen LogP contribution >= 0.6 is 0 Å². The molecule has 0 saturated heterocycles. The van der Waals surface area contributed by atoms with Crippen molar-refractivity contribution in [2.45, 2.75) is 31.8 Å². The molecular weight excluding hydrogens is 306 g/mol. The van der Waals surface area contributed by atoms with Crippen LogP contribution in [0.3, 0.4) is 0 Å². The van der Waals surface area contributed by atoms with Gasteiger partial charge in [-0.15, -0.1) is 11.7 Å². The molecule has 8 nitrogen and oxygen atoms in total. The number of carbonyl (C=O) groups excluding carboxylic acids is 1. The van der Waals surface area contributed by atoms with Crippen molar-refractivity contribution in [3.8, 4) is 0 Å². The lowest BCUT2D eigenvalue weighted by Gasteiger charge is -2.19. The van der Waals surface area contributed by atoms with Crippen molar-refractivity contribution in [2.24, 2.45) is 0 Å². The molecule has 0 saturated carbocycles. The molecule has 0 aliphatic heterocycles. The standard InChI is InChI=1S/C13H23N5O3S/c1-5-8-10-17(7-3)13(19)18-11-14-12(15-18)22(20,21)16(4)9-6-2/h6,11H,2,5,7-10H2,1,3-4H3. The summed E-state index contributed by atoms with van der Waals surface area (Å²) < 4.78 is 26.4. The minimum Gasteiger partial charge on any atom is -0.323 e. The first kappa shape index (κ1) is 18.3. The summed E-state index contributed by atoms with van der Waals surface area (Å²) in [5, 5.41) is 3.42. The van der Waals surface area contributed by atoms with Crippen LogP contribution in [-0.4, -0.2) is 65.1 Å². The van der Waals surface area contributed by atoms with E-state index in [9.17, 15) is 13.2 Å². The van der Waals surface area contributed by atoms with Gasteiger partial charge in [0.15, 0.2) is 0 Å². The molecule has 1 rings (SSSR count). The van der Waals surface area contributed by atoms with E-state index in [2.05, 4.69) is 16.7 Å². The van der Waals surface area contributed by atoms with Gasteiger partial charge < -0.3 is 4.90 Å². The molecule has 22 heavy (non-hydrogen) atoms. The maximum atomic E-state index is 12.3. The molecule has 9 heteroatoms. The second-order valence-electron chi connectivity index (χ2n) is 4.76. The number of hydrogen-bond acceptors (Lipinski definition) is 5. The van der Waals surface area contributed by atoms with E-state index in [1.807, 2.05) is 13.8 Å². The Hall–Kier alpha value is -1.74. The van der Waals surface area contributed by atoms with Gasteiger partial charge in [-0.25, -0.2) is 18.2 Å². The summed E-state index contributed by atoms with van der Waals surface area (Å²) >= 11 is 0. The summed E-state index contributed by atoms with van der Waals surface area (Å²) in [6.45, 7) is 8.66. The predicted molar refractivity (Wildman–Crippen MR) is 83.0 cm³/mol. The Kier molecular flexibility index (Phi) is 6.69. The molecule has 124 valence electrons. The Bertz CT molecular complexity index is 611. The first-order valence-electron chi connectivity index (χ1n) is 7.16. The Morgan fingerprint density at radius 2 is 2.14 bits per heavy atom. The van der Waals surface area contributed by atoms with E-state index < -0.39 is 15.2 Å². The summed E-state index contributed by atoms with van der Waals surface area (Å²) in [6, 6.07) is -0.378. The SMILES string of the molecule is C=CCN(C)S(=O)(=O)c1ncn(C(=O)N(CC)CCCC)n1. The van der Waals surface area contributed by atoms with E-state index in [0.717, 1.165) is 28.2 Å². The fourth-order valence-electron chi connectivity index (χ4n) is 1.76. The minimum atomic E-state index is -3.81. The van der Waals surface area contributed by atoms with Gasteiger partial charge in [-0.3, -0.25) is 0 Å². The molecule has 0 bridgehead atoms. The number of aromatic nitrogens is 3. The topological polar surface area (TPSA) is 88.4 Å². The van der Waals surface area contributed by atoms with Gasteiger partial charge in [0.2, 0.25) is 0 Å². The first-order valence-corrected chi connectivity index (χ1v) is 8.60. The van der Waals surface area contributed by atoms with Crippen LogP contribution in [0.2, 0.25) is 0 Å². The largest absolute Gasteiger partial charge is 0.346 e. The molecule has 0 aliphatic carbocycles. The van der Waals surface area contributed by atoms with Crippen molar-refractivity contribution >= 4 is 16.1 Å². The van der Waals surface area contributed by atoms with E-state index in [-0.39, 0.29) is 12.6 Å². The summed E-state index contributed by atoms with van der Waals surface area (Å²) in [7, 11) is -2.41. The smallest absolute Gasteiger partial charge is 0.323 e. The van der Waals surface area contributed by atoms with Crippen LogP contribution in [0.1, 0.15) is 26.7 Å². The van der Waals surface area contributed by atoms with Gasteiger partial charge in [0.05, 0.1) is 0 Å². The number of sulfonamides is 1. The van der Waals surface area contributed by atoms with E-state index >= 15 is 0 Å². The number of rotatable bonds is 8. The second-order valence-corrected chi connectivity index (χ2v) is 6.70. The molecule has 0 spiro atoms.